The van der Waals surface area contributed by atoms with Crippen molar-refractivity contribution < 1.29 is 0 Å². The minimum atomic E-state index is 0.232. The van der Waals surface area contributed by atoms with Crippen LogP contribution in [0.5, 0.6) is 0 Å². The Morgan fingerprint density at radius 3 is 2.15 bits per heavy atom. The molecule has 3 unspecified atom stereocenters. The average molecular weight is 342 g/mol. The van der Waals surface area contributed by atoms with Gasteiger partial charge in [0.15, 0.2) is 0 Å². The van der Waals surface area contributed by atoms with Crippen LogP contribution in [0.4, 0.5) is 11.4 Å². The molecule has 1 saturated carbocycles. The van der Waals surface area contributed by atoms with Crippen LogP contribution >= 0.6 is 0 Å². The lowest BCUT2D eigenvalue weighted by Crippen LogP contribution is -2.50. The zero-order chi connectivity index (χ0) is 18.1. The molecule has 1 aliphatic carbocycles. The lowest BCUT2D eigenvalue weighted by molar-refractivity contribution is 0.370. The largest absolute Gasteiger partial charge is 0.318 e. The number of nitrogens with zero attached hydrogens (tertiary/aromatic N) is 2. The van der Waals surface area contributed by atoms with Gasteiger partial charge in [-0.05, 0) is 44.0 Å². The minimum Gasteiger partial charge on any atom is -0.318 e. The molecule has 132 valence electrons. The van der Waals surface area contributed by atoms with Crippen molar-refractivity contribution in [2.75, 3.05) is 9.80 Å². The topological polar surface area (TPSA) is 6.48 Å². The molecule has 0 bridgehead atoms. The molecule has 26 heavy (non-hydrogen) atoms. The van der Waals surface area contributed by atoms with Crippen molar-refractivity contribution in [3.05, 3.63) is 83.7 Å². The molecule has 2 fully saturated rings. The molecule has 0 N–H and O–H groups in total. The quantitative estimate of drug-likeness (QED) is 0.643. The zero-order valence-corrected chi connectivity index (χ0v) is 16.0. The highest BCUT2D eigenvalue weighted by Crippen LogP contribution is 2.73. The number of rotatable bonds is 1. The van der Waals surface area contributed by atoms with E-state index in [0.29, 0.717) is 6.17 Å². The highest BCUT2D eigenvalue weighted by atomic mass is 15.5. The van der Waals surface area contributed by atoms with Crippen molar-refractivity contribution in [1.82, 2.24) is 0 Å². The number of anilines is 2. The number of hydrogen-bond donors (Lipinski definition) is 0. The Labute approximate surface area is 156 Å². The first-order chi connectivity index (χ1) is 12.6. The van der Waals surface area contributed by atoms with E-state index in [9.17, 15) is 0 Å². The van der Waals surface area contributed by atoms with Gasteiger partial charge >= 0.3 is 0 Å². The van der Waals surface area contributed by atoms with Gasteiger partial charge in [-0.15, -0.1) is 0 Å². The molecule has 1 saturated heterocycles. The van der Waals surface area contributed by atoms with E-state index < -0.39 is 0 Å². The van der Waals surface area contributed by atoms with Gasteiger partial charge in [0.1, 0.15) is 6.17 Å². The predicted molar refractivity (Wildman–Crippen MR) is 109 cm³/mol. The van der Waals surface area contributed by atoms with Gasteiger partial charge in [0, 0.05) is 22.2 Å². The van der Waals surface area contributed by atoms with Gasteiger partial charge in [-0.3, -0.25) is 0 Å². The lowest BCUT2D eigenvalue weighted by atomic mass is 9.81. The van der Waals surface area contributed by atoms with Crippen LogP contribution in [0.2, 0.25) is 0 Å². The van der Waals surface area contributed by atoms with Crippen LogP contribution in [0.3, 0.4) is 0 Å². The lowest BCUT2D eigenvalue weighted by Gasteiger charge is -2.44. The Kier molecular flexibility index (Phi) is 3.05. The van der Waals surface area contributed by atoms with E-state index in [1.165, 1.54) is 34.8 Å². The van der Waals surface area contributed by atoms with Crippen molar-refractivity contribution >= 4 is 11.4 Å². The van der Waals surface area contributed by atoms with Crippen LogP contribution < -0.4 is 9.80 Å². The summed E-state index contributed by atoms with van der Waals surface area (Å²) in [4.78, 5) is 5.16. The van der Waals surface area contributed by atoms with Gasteiger partial charge in [-0.1, -0.05) is 62.4 Å². The second-order valence-electron chi connectivity index (χ2n) is 8.24. The van der Waals surface area contributed by atoms with E-state index in [1.807, 2.05) is 0 Å². The Balaban J connectivity index is 1.80. The molecule has 2 nitrogen and oxygen atoms in total. The molecule has 2 heterocycles. The summed E-state index contributed by atoms with van der Waals surface area (Å²) in [5.41, 5.74) is 7.28. The maximum Gasteiger partial charge on any atom is 0.117 e. The van der Waals surface area contributed by atoms with Crippen LogP contribution in [-0.4, -0.2) is 6.17 Å². The van der Waals surface area contributed by atoms with Gasteiger partial charge in [-0.25, -0.2) is 0 Å². The molecule has 2 aliphatic heterocycles. The molecule has 2 heteroatoms. The highest BCUT2D eigenvalue weighted by Gasteiger charge is 2.73. The van der Waals surface area contributed by atoms with Crippen molar-refractivity contribution in [3.8, 4) is 0 Å². The first-order valence-corrected chi connectivity index (χ1v) is 9.63. The third-order valence-corrected chi connectivity index (χ3v) is 7.04. The fourth-order valence-electron chi connectivity index (χ4n) is 5.52. The number of fused-ring (bicyclic) bond motifs is 6. The van der Waals surface area contributed by atoms with E-state index in [1.54, 1.807) is 0 Å². The van der Waals surface area contributed by atoms with Gasteiger partial charge < -0.3 is 9.80 Å². The van der Waals surface area contributed by atoms with E-state index in [2.05, 4.69) is 104 Å². The summed E-state index contributed by atoms with van der Waals surface area (Å²) in [6.07, 6.45) is 6.10. The molecule has 2 aromatic rings. The predicted octanol–water partition coefficient (Wildman–Crippen LogP) is 5.83. The Morgan fingerprint density at radius 2 is 1.46 bits per heavy atom. The molecule has 0 amide bonds. The third kappa shape index (κ3) is 1.68. The normalized spacial score (nSPS) is 34.7. The standard InChI is InChI=1S/C24H26N2/c1-5-19-20(6-2)26-21-15-11-10-14-18(21)23(3)16-24(23,4)22(26)25(19)17-12-8-7-9-13-17/h5-15,22H,16H2,1-4H3/b19-5+,20-6+. The number of hydrogen-bond acceptors (Lipinski definition) is 2. The number of allylic oxidation sites excluding steroid dienone is 2. The molecule has 0 radical (unpaired) electrons. The summed E-state index contributed by atoms with van der Waals surface area (Å²) < 4.78 is 0. The summed E-state index contributed by atoms with van der Waals surface area (Å²) in [7, 11) is 0. The molecular formula is C24H26N2. The second-order valence-corrected chi connectivity index (χ2v) is 8.24. The summed E-state index contributed by atoms with van der Waals surface area (Å²) in [6, 6.07) is 19.9. The third-order valence-electron chi connectivity index (χ3n) is 7.04. The minimum absolute atomic E-state index is 0.232. The molecule has 5 rings (SSSR count). The maximum atomic E-state index is 2.59. The van der Waals surface area contributed by atoms with Crippen molar-refractivity contribution in [1.29, 1.82) is 0 Å². The first kappa shape index (κ1) is 15.7. The van der Waals surface area contributed by atoms with E-state index in [-0.39, 0.29) is 10.8 Å². The van der Waals surface area contributed by atoms with E-state index >= 15 is 0 Å². The fraction of sp³-hybridized carbons (Fsp3) is 0.333. The Morgan fingerprint density at radius 1 is 0.846 bits per heavy atom. The number of benzene rings is 2. The van der Waals surface area contributed by atoms with E-state index in [4.69, 9.17) is 0 Å². The van der Waals surface area contributed by atoms with Crippen molar-refractivity contribution in [2.24, 2.45) is 5.41 Å². The SMILES string of the molecule is C/C=C1\C(=C/C)N2c3ccccc3C3(C)CC3(C)C2N1c1ccccc1. The zero-order valence-electron chi connectivity index (χ0n) is 16.0. The summed E-state index contributed by atoms with van der Waals surface area (Å²) in [5, 5.41) is 0. The van der Waals surface area contributed by atoms with Gasteiger partial charge in [0.25, 0.3) is 0 Å². The van der Waals surface area contributed by atoms with Gasteiger partial charge in [0.05, 0.1) is 11.4 Å². The first-order valence-electron chi connectivity index (χ1n) is 9.63. The number of para-hydroxylation sites is 2. The van der Waals surface area contributed by atoms with E-state index in [0.717, 1.165) is 0 Å². The van der Waals surface area contributed by atoms with Crippen LogP contribution in [0, 0.1) is 5.41 Å². The Hall–Kier alpha value is -2.48. The molecule has 3 atom stereocenters. The molecule has 3 aliphatic rings. The van der Waals surface area contributed by atoms with Crippen molar-refractivity contribution in [2.45, 2.75) is 45.7 Å². The molecular weight excluding hydrogens is 316 g/mol. The maximum absolute atomic E-state index is 2.59. The molecule has 2 aromatic carbocycles. The Bertz CT molecular complexity index is 942. The summed E-state index contributed by atoms with van der Waals surface area (Å²) in [6.45, 7) is 9.25. The molecule has 0 spiro atoms. The van der Waals surface area contributed by atoms with Gasteiger partial charge in [-0.2, -0.15) is 0 Å². The van der Waals surface area contributed by atoms with Crippen LogP contribution in [-0.2, 0) is 5.41 Å². The summed E-state index contributed by atoms with van der Waals surface area (Å²) in [5.74, 6) is 0. The van der Waals surface area contributed by atoms with Crippen LogP contribution in [0.25, 0.3) is 0 Å². The average Bonchev–Trinajstić information content (AvgIpc) is 3.11. The van der Waals surface area contributed by atoms with Crippen LogP contribution in [0.15, 0.2) is 78.1 Å². The highest BCUT2D eigenvalue weighted by molar-refractivity contribution is 5.79. The second kappa shape index (κ2) is 5.03. The smallest absolute Gasteiger partial charge is 0.117 e. The summed E-state index contributed by atoms with van der Waals surface area (Å²) >= 11 is 0. The monoisotopic (exact) mass is 342 g/mol. The fourth-order valence-corrected chi connectivity index (χ4v) is 5.52. The van der Waals surface area contributed by atoms with Crippen LogP contribution in [0.1, 0.15) is 39.7 Å². The molecule has 0 aromatic heterocycles. The van der Waals surface area contributed by atoms with Gasteiger partial charge in [0.2, 0.25) is 0 Å². The van der Waals surface area contributed by atoms with Crippen molar-refractivity contribution in [3.63, 3.8) is 0 Å².